The summed E-state index contributed by atoms with van der Waals surface area (Å²) in [7, 11) is 0. The fourth-order valence-electron chi connectivity index (χ4n) is 2.06. The van der Waals surface area contributed by atoms with Crippen LogP contribution in [0.5, 0.6) is 5.75 Å². The first kappa shape index (κ1) is 11.8. The van der Waals surface area contributed by atoms with Crippen molar-refractivity contribution in [2.24, 2.45) is 0 Å². The summed E-state index contributed by atoms with van der Waals surface area (Å²) in [5.41, 5.74) is -0.593. The first-order chi connectivity index (χ1) is 8.00. The van der Waals surface area contributed by atoms with Gasteiger partial charge in [0.05, 0.1) is 10.5 Å². The number of β-amino-alcohol motifs (C(OH)–C–C–N with tert-alkyl or cyclic N) is 1. The Balaban J connectivity index is 2.25. The largest absolute Gasteiger partial charge is 0.508 e. The van der Waals surface area contributed by atoms with Crippen LogP contribution in [-0.4, -0.2) is 33.8 Å². The lowest BCUT2D eigenvalue weighted by atomic mass is 9.93. The fraction of sp³-hybridized carbons (Fsp3) is 0.455. The lowest BCUT2D eigenvalue weighted by molar-refractivity contribution is -0.384. The summed E-state index contributed by atoms with van der Waals surface area (Å²) in [6.45, 7) is 1.15. The van der Waals surface area contributed by atoms with Crippen LogP contribution in [0.25, 0.3) is 0 Å². The zero-order valence-corrected chi connectivity index (χ0v) is 9.22. The van der Waals surface area contributed by atoms with Gasteiger partial charge in [-0.1, -0.05) is 0 Å². The number of phenols is 1. The molecule has 6 heteroatoms. The molecule has 0 radical (unpaired) electrons. The van der Waals surface area contributed by atoms with Gasteiger partial charge in [-0.15, -0.1) is 0 Å². The van der Waals surface area contributed by atoms with Gasteiger partial charge < -0.3 is 15.5 Å². The van der Waals surface area contributed by atoms with Crippen molar-refractivity contribution in [3.8, 4) is 5.75 Å². The summed E-state index contributed by atoms with van der Waals surface area (Å²) in [5.74, 6) is -0.0177. The number of hydrogen-bond donors (Lipinski definition) is 3. The number of nitro groups is 1. The highest BCUT2D eigenvalue weighted by Crippen LogP contribution is 2.28. The summed E-state index contributed by atoms with van der Waals surface area (Å²) in [4.78, 5) is 10.1. The molecular formula is C11H14N2O4. The molecule has 6 nitrogen and oxygen atoms in total. The van der Waals surface area contributed by atoms with Crippen LogP contribution in [0.3, 0.4) is 0 Å². The maximum absolute atomic E-state index is 10.6. The van der Waals surface area contributed by atoms with E-state index in [9.17, 15) is 20.3 Å². The Kier molecular flexibility index (Phi) is 2.99. The van der Waals surface area contributed by atoms with Crippen molar-refractivity contribution in [2.75, 3.05) is 13.1 Å². The first-order valence-corrected chi connectivity index (χ1v) is 5.40. The molecular weight excluding hydrogens is 224 g/mol. The molecule has 1 aliphatic heterocycles. The van der Waals surface area contributed by atoms with Crippen LogP contribution in [0.2, 0.25) is 0 Å². The molecule has 3 N–H and O–H groups in total. The van der Waals surface area contributed by atoms with Gasteiger partial charge in [-0.05, 0) is 19.0 Å². The van der Waals surface area contributed by atoms with Crippen LogP contribution < -0.4 is 5.32 Å². The smallest absolute Gasteiger partial charge is 0.269 e. The monoisotopic (exact) mass is 238 g/mol. The lowest BCUT2D eigenvalue weighted by Gasteiger charge is -2.21. The minimum Gasteiger partial charge on any atom is -0.508 e. The predicted molar refractivity (Wildman–Crippen MR) is 60.9 cm³/mol. The zero-order valence-electron chi connectivity index (χ0n) is 9.22. The molecule has 1 saturated heterocycles. The van der Waals surface area contributed by atoms with E-state index in [4.69, 9.17) is 0 Å². The normalized spacial score (nSPS) is 23.8. The number of aromatic hydroxyl groups is 1. The van der Waals surface area contributed by atoms with E-state index in [-0.39, 0.29) is 17.9 Å². The lowest BCUT2D eigenvalue weighted by Crippen LogP contribution is -2.33. The number of non-ortho nitro benzene ring substituents is 1. The number of aliphatic hydroxyl groups is 1. The van der Waals surface area contributed by atoms with Gasteiger partial charge in [0.1, 0.15) is 5.75 Å². The van der Waals surface area contributed by atoms with E-state index in [1.165, 1.54) is 18.2 Å². The van der Waals surface area contributed by atoms with Crippen molar-refractivity contribution >= 4 is 5.69 Å². The molecule has 17 heavy (non-hydrogen) atoms. The number of nitro benzene ring substituents is 1. The van der Waals surface area contributed by atoms with Crippen LogP contribution >= 0.6 is 0 Å². The van der Waals surface area contributed by atoms with Crippen LogP contribution in [0, 0.1) is 10.1 Å². The van der Waals surface area contributed by atoms with Gasteiger partial charge >= 0.3 is 0 Å². The molecule has 0 spiro atoms. The van der Waals surface area contributed by atoms with Gasteiger partial charge in [0.15, 0.2) is 0 Å². The molecule has 0 aliphatic carbocycles. The molecule has 1 unspecified atom stereocenters. The molecule has 0 aromatic heterocycles. The van der Waals surface area contributed by atoms with E-state index in [0.717, 1.165) is 0 Å². The maximum Gasteiger partial charge on any atom is 0.269 e. The minimum absolute atomic E-state index is 0.0177. The van der Waals surface area contributed by atoms with Gasteiger partial charge in [-0.25, -0.2) is 0 Å². The number of benzene rings is 1. The average molecular weight is 238 g/mol. The van der Waals surface area contributed by atoms with Crippen molar-refractivity contribution in [3.05, 3.63) is 33.9 Å². The number of rotatable bonds is 3. The van der Waals surface area contributed by atoms with Crippen molar-refractivity contribution in [2.45, 2.75) is 18.4 Å². The Hall–Kier alpha value is -1.66. The van der Waals surface area contributed by atoms with Crippen LogP contribution in [0.15, 0.2) is 18.2 Å². The molecule has 1 fully saturated rings. The van der Waals surface area contributed by atoms with Crippen molar-refractivity contribution in [1.29, 1.82) is 0 Å². The third-order valence-electron chi connectivity index (χ3n) is 3.01. The molecule has 1 aliphatic rings. The summed E-state index contributed by atoms with van der Waals surface area (Å²) in [6, 6.07) is 3.85. The van der Waals surface area contributed by atoms with Gasteiger partial charge in [0, 0.05) is 30.7 Å². The Morgan fingerprint density at radius 3 is 2.88 bits per heavy atom. The van der Waals surface area contributed by atoms with E-state index in [1.54, 1.807) is 0 Å². The third kappa shape index (κ3) is 2.54. The van der Waals surface area contributed by atoms with Crippen molar-refractivity contribution in [3.63, 3.8) is 0 Å². The second-order valence-electron chi connectivity index (χ2n) is 4.40. The SMILES string of the molecule is O=[N+]([O-])c1ccc(O)c(CC2(O)CCNC2)c1. The number of nitrogens with one attached hydrogen (secondary N) is 1. The average Bonchev–Trinajstić information content (AvgIpc) is 2.68. The third-order valence-corrected chi connectivity index (χ3v) is 3.01. The Morgan fingerprint density at radius 2 is 2.29 bits per heavy atom. The molecule has 1 atom stereocenters. The molecule has 0 bridgehead atoms. The Bertz CT molecular complexity index is 441. The summed E-state index contributed by atoms with van der Waals surface area (Å²) in [5, 5.41) is 33.4. The highest BCUT2D eigenvalue weighted by atomic mass is 16.6. The molecule has 1 aromatic carbocycles. The minimum atomic E-state index is -0.924. The molecule has 0 amide bonds. The van der Waals surface area contributed by atoms with E-state index >= 15 is 0 Å². The van der Waals surface area contributed by atoms with E-state index in [0.29, 0.717) is 25.1 Å². The summed E-state index contributed by atoms with van der Waals surface area (Å²) >= 11 is 0. The van der Waals surface area contributed by atoms with Crippen LogP contribution in [0.1, 0.15) is 12.0 Å². The van der Waals surface area contributed by atoms with E-state index < -0.39 is 10.5 Å². The van der Waals surface area contributed by atoms with Gasteiger partial charge in [0.2, 0.25) is 0 Å². The van der Waals surface area contributed by atoms with Crippen molar-refractivity contribution in [1.82, 2.24) is 5.32 Å². The summed E-state index contributed by atoms with van der Waals surface area (Å²) < 4.78 is 0. The number of phenolic OH excluding ortho intramolecular Hbond substituents is 1. The topological polar surface area (TPSA) is 95.6 Å². The van der Waals surface area contributed by atoms with Gasteiger partial charge in [0.25, 0.3) is 5.69 Å². The highest BCUT2D eigenvalue weighted by Gasteiger charge is 2.32. The highest BCUT2D eigenvalue weighted by molar-refractivity contribution is 5.43. The zero-order chi connectivity index (χ0) is 12.5. The first-order valence-electron chi connectivity index (χ1n) is 5.40. The Morgan fingerprint density at radius 1 is 1.53 bits per heavy atom. The second kappa shape index (κ2) is 4.31. The quantitative estimate of drug-likeness (QED) is 0.528. The van der Waals surface area contributed by atoms with Gasteiger partial charge in [-0.3, -0.25) is 10.1 Å². The Labute approximate surface area is 98.0 Å². The van der Waals surface area contributed by atoms with Crippen LogP contribution in [0.4, 0.5) is 5.69 Å². The molecule has 92 valence electrons. The molecule has 2 rings (SSSR count). The van der Waals surface area contributed by atoms with E-state index in [1.807, 2.05) is 0 Å². The molecule has 1 aromatic rings. The molecule has 0 saturated carbocycles. The summed E-state index contributed by atoms with van der Waals surface area (Å²) in [6.07, 6.45) is 0.794. The fourth-order valence-corrected chi connectivity index (χ4v) is 2.06. The second-order valence-corrected chi connectivity index (χ2v) is 4.40. The van der Waals surface area contributed by atoms with Gasteiger partial charge in [-0.2, -0.15) is 0 Å². The maximum atomic E-state index is 10.6. The number of hydrogen-bond acceptors (Lipinski definition) is 5. The molecule has 1 heterocycles. The predicted octanol–water partition coefficient (Wildman–Crippen LogP) is 0.567. The van der Waals surface area contributed by atoms with Crippen molar-refractivity contribution < 1.29 is 15.1 Å². The number of nitrogens with zero attached hydrogens (tertiary/aromatic N) is 1. The van der Waals surface area contributed by atoms with E-state index in [2.05, 4.69) is 5.32 Å². The standard InChI is InChI=1S/C11H14N2O4/c14-10-2-1-9(13(16)17)5-8(10)6-11(15)3-4-12-7-11/h1-2,5,12,14-15H,3-4,6-7H2. The van der Waals surface area contributed by atoms with Crippen LogP contribution in [-0.2, 0) is 6.42 Å².